The molecular weight excluding hydrogens is 731 g/mol. The highest BCUT2D eigenvalue weighted by Crippen LogP contribution is 2.39. The predicted octanol–water partition coefficient (Wildman–Crippen LogP) is 3.14. The number of rotatable bonds is 5. The number of nitrogens with two attached hydrogens (primary N) is 1. The third-order valence-corrected chi connectivity index (χ3v) is 6.80. The number of carboxylic acid groups (broad SMARTS) is 3. The van der Waals surface area contributed by atoms with Crippen LogP contribution in [0.25, 0.3) is 0 Å². The summed E-state index contributed by atoms with van der Waals surface area (Å²) in [6.07, 6.45) is -12.2. The maximum atomic E-state index is 13.1. The molecule has 1 aromatic carbocycles. The minimum absolute atomic E-state index is 0.249. The summed E-state index contributed by atoms with van der Waals surface area (Å²) in [6.45, 7) is 1.07. The fraction of sp³-hybridized carbons (Fsp3) is 0.407. The Morgan fingerprint density at radius 3 is 1.82 bits per heavy atom. The number of halogens is 10. The van der Waals surface area contributed by atoms with Crippen LogP contribution >= 0.6 is 11.6 Å². The normalized spacial score (nSPS) is 17.9. The lowest BCUT2D eigenvalue weighted by atomic mass is 9.91. The van der Waals surface area contributed by atoms with Gasteiger partial charge in [-0.1, -0.05) is 23.7 Å². The van der Waals surface area contributed by atoms with Crippen molar-refractivity contribution >= 4 is 41.3 Å². The summed E-state index contributed by atoms with van der Waals surface area (Å²) in [5.41, 5.74) is 7.17. The first-order valence-corrected chi connectivity index (χ1v) is 13.8. The summed E-state index contributed by atoms with van der Waals surface area (Å²) in [7, 11) is 0. The molecule has 23 heteroatoms. The number of hydrogen-bond acceptors (Lipinski definition) is 8. The van der Waals surface area contributed by atoms with E-state index in [-0.39, 0.29) is 18.9 Å². The van der Waals surface area contributed by atoms with Crippen molar-refractivity contribution in [1.82, 2.24) is 15.2 Å². The van der Waals surface area contributed by atoms with Crippen molar-refractivity contribution in [2.75, 3.05) is 6.54 Å². The van der Waals surface area contributed by atoms with E-state index < -0.39 is 54.0 Å². The zero-order valence-electron chi connectivity index (χ0n) is 24.9. The van der Waals surface area contributed by atoms with Gasteiger partial charge in [0.25, 0.3) is 5.91 Å². The first-order valence-electron chi connectivity index (χ1n) is 13.4. The van der Waals surface area contributed by atoms with E-state index in [2.05, 4.69) is 10.3 Å². The molecule has 1 fully saturated rings. The van der Waals surface area contributed by atoms with E-state index >= 15 is 0 Å². The summed E-state index contributed by atoms with van der Waals surface area (Å²) in [4.78, 5) is 58.2. The number of aryl methyl sites for hydroxylation is 1. The average molecular weight is 757 g/mol. The number of fused-ring (bicyclic) bond motifs is 1. The van der Waals surface area contributed by atoms with Gasteiger partial charge in [0.05, 0.1) is 0 Å². The Morgan fingerprint density at radius 2 is 1.40 bits per heavy atom. The van der Waals surface area contributed by atoms with Gasteiger partial charge < -0.3 is 36.4 Å². The van der Waals surface area contributed by atoms with E-state index in [4.69, 9.17) is 47.0 Å². The number of benzene rings is 1. The second kappa shape index (κ2) is 17.3. The molecule has 1 aliphatic carbocycles. The molecule has 2 heterocycles. The summed E-state index contributed by atoms with van der Waals surface area (Å²) in [5.74, 6) is -8.95. The van der Waals surface area contributed by atoms with Crippen molar-refractivity contribution in [3.8, 4) is 0 Å². The van der Waals surface area contributed by atoms with Gasteiger partial charge in [0.1, 0.15) is 6.04 Å². The lowest BCUT2D eigenvalue weighted by Crippen LogP contribution is -2.62. The smallest absolute Gasteiger partial charge is 0.475 e. The first-order chi connectivity index (χ1) is 22.8. The fourth-order valence-corrected chi connectivity index (χ4v) is 4.26. The SMILES string of the molecule is NCc1ccc(Cl)cc1CNC(=O)[C@@H]1CCN1C(=O)C1(O)CCc2ncccc21.O=C(O)C(F)(F)F.O=C(O)C(F)(F)F.O=C(O)C(F)(F)F. The average Bonchev–Trinajstić information content (AvgIpc) is 3.33. The molecule has 7 N–H and O–H groups in total. The van der Waals surface area contributed by atoms with Gasteiger partial charge in [0, 0.05) is 42.1 Å². The van der Waals surface area contributed by atoms with Crippen molar-refractivity contribution in [2.24, 2.45) is 5.73 Å². The second-order valence-electron chi connectivity index (χ2n) is 9.90. The highest BCUT2D eigenvalue weighted by molar-refractivity contribution is 6.30. The van der Waals surface area contributed by atoms with E-state index in [9.17, 15) is 54.2 Å². The van der Waals surface area contributed by atoms with E-state index in [1.807, 2.05) is 6.07 Å². The molecule has 0 radical (unpaired) electrons. The number of carboxylic acids is 3. The zero-order valence-corrected chi connectivity index (χ0v) is 25.6. The molecule has 1 aromatic heterocycles. The highest BCUT2D eigenvalue weighted by atomic mass is 35.5. The van der Waals surface area contributed by atoms with Gasteiger partial charge in [-0.25, -0.2) is 14.4 Å². The van der Waals surface area contributed by atoms with Crippen molar-refractivity contribution in [2.45, 2.75) is 62.5 Å². The molecule has 50 heavy (non-hydrogen) atoms. The Labute approximate surface area is 279 Å². The zero-order chi connectivity index (χ0) is 38.8. The van der Waals surface area contributed by atoms with Crippen molar-refractivity contribution in [3.05, 3.63) is 63.9 Å². The largest absolute Gasteiger partial charge is 0.490 e. The summed E-state index contributed by atoms with van der Waals surface area (Å²) in [5, 5.41) is 35.9. The minimum atomic E-state index is -5.08. The van der Waals surface area contributed by atoms with Crippen molar-refractivity contribution < 1.29 is 83.9 Å². The maximum absolute atomic E-state index is 13.1. The lowest BCUT2D eigenvalue weighted by Gasteiger charge is -2.43. The summed E-state index contributed by atoms with van der Waals surface area (Å²) >= 11 is 6.04. The highest BCUT2D eigenvalue weighted by Gasteiger charge is 2.51. The molecule has 2 atom stereocenters. The van der Waals surface area contributed by atoms with Crippen LogP contribution in [0.2, 0.25) is 5.02 Å². The van der Waals surface area contributed by atoms with E-state index in [1.165, 1.54) is 4.90 Å². The molecular formula is C27H26ClF9N4O9. The van der Waals surface area contributed by atoms with Crippen molar-refractivity contribution in [3.63, 3.8) is 0 Å². The number of nitrogens with one attached hydrogen (secondary N) is 1. The Bertz CT molecular complexity index is 1500. The monoisotopic (exact) mass is 756 g/mol. The van der Waals surface area contributed by atoms with Gasteiger partial charge in [-0.05, 0) is 48.6 Å². The number of amides is 2. The second-order valence-corrected chi connectivity index (χ2v) is 10.3. The molecule has 2 aromatic rings. The molecule has 0 saturated carbocycles. The maximum Gasteiger partial charge on any atom is 0.490 e. The molecule has 1 unspecified atom stereocenters. The van der Waals surface area contributed by atoms with Gasteiger partial charge in [-0.15, -0.1) is 0 Å². The fourth-order valence-electron chi connectivity index (χ4n) is 4.07. The number of likely N-dealkylation sites (tertiary alicyclic amines) is 1. The van der Waals surface area contributed by atoms with E-state index in [1.54, 1.807) is 30.5 Å². The minimum Gasteiger partial charge on any atom is -0.475 e. The van der Waals surface area contributed by atoms with Crippen LogP contribution in [0.15, 0.2) is 36.5 Å². The Hall–Kier alpha value is -4.70. The molecule has 278 valence electrons. The molecule has 2 aliphatic rings. The number of aliphatic hydroxyl groups is 1. The van der Waals surface area contributed by atoms with Gasteiger partial charge in [-0.2, -0.15) is 39.5 Å². The number of pyridine rings is 1. The van der Waals surface area contributed by atoms with Crippen LogP contribution in [-0.4, -0.2) is 91.1 Å². The van der Waals surface area contributed by atoms with Crippen molar-refractivity contribution in [1.29, 1.82) is 0 Å². The van der Waals surface area contributed by atoms with E-state index in [0.29, 0.717) is 36.5 Å². The number of nitrogens with zero attached hydrogens (tertiary/aromatic N) is 2. The number of alkyl halides is 9. The van der Waals surface area contributed by atoms with Crippen LogP contribution < -0.4 is 11.1 Å². The number of hydrogen-bond donors (Lipinski definition) is 6. The third kappa shape index (κ3) is 12.3. The van der Waals surface area contributed by atoms with Gasteiger partial charge in [-0.3, -0.25) is 14.6 Å². The molecule has 13 nitrogen and oxygen atoms in total. The molecule has 2 amide bonds. The standard InChI is InChI=1S/C21H23ClN4O3.3C2HF3O2/c22-15-4-3-13(11-23)14(10-15)12-25-19(27)18-6-9-26(18)20(28)21(29)7-5-17-16(21)2-1-8-24-17;3*3-2(4,5)1(6)7/h1-4,8,10,18,29H,5-7,9,11-12,23H2,(H,25,27);3*(H,6,7)/t18-,21?;;;/m0.../s1. The molecule has 1 aliphatic heterocycles. The number of aromatic nitrogens is 1. The van der Waals surface area contributed by atoms with Gasteiger partial charge in [0.15, 0.2) is 5.60 Å². The number of aliphatic carboxylic acids is 3. The Morgan fingerprint density at radius 1 is 0.900 bits per heavy atom. The van der Waals surface area contributed by atoms with Crippen LogP contribution in [0.1, 0.15) is 35.2 Å². The number of carbonyl (C=O) groups excluding carboxylic acids is 2. The van der Waals surface area contributed by atoms with Crippen LogP contribution in [-0.2, 0) is 49.1 Å². The van der Waals surface area contributed by atoms with E-state index in [0.717, 1.165) is 16.8 Å². The van der Waals surface area contributed by atoms with Gasteiger partial charge >= 0.3 is 36.4 Å². The lowest BCUT2D eigenvalue weighted by molar-refractivity contribution is -0.193. The van der Waals surface area contributed by atoms with Crippen LogP contribution in [0, 0.1) is 0 Å². The quantitative estimate of drug-likeness (QED) is 0.243. The van der Waals surface area contributed by atoms with Crippen LogP contribution in [0.3, 0.4) is 0 Å². The Balaban J connectivity index is 0.000000486. The topological polar surface area (TPSA) is 220 Å². The summed E-state index contributed by atoms with van der Waals surface area (Å²) < 4.78 is 95.2. The Kier molecular flexibility index (Phi) is 15.0. The predicted molar refractivity (Wildman–Crippen MR) is 149 cm³/mol. The summed E-state index contributed by atoms with van der Waals surface area (Å²) in [6, 6.07) is 8.23. The molecule has 4 rings (SSSR count). The van der Waals surface area contributed by atoms with Crippen LogP contribution in [0.5, 0.6) is 0 Å². The molecule has 0 bridgehead atoms. The van der Waals surface area contributed by atoms with Crippen LogP contribution in [0.4, 0.5) is 39.5 Å². The third-order valence-electron chi connectivity index (χ3n) is 6.57. The molecule has 1 saturated heterocycles. The van der Waals surface area contributed by atoms with Gasteiger partial charge in [0.2, 0.25) is 5.91 Å². The molecule has 0 spiro atoms. The first kappa shape index (κ1) is 43.3. The number of carbonyl (C=O) groups is 5.